The van der Waals surface area contributed by atoms with Gasteiger partial charge in [0, 0.05) is 62.8 Å². The van der Waals surface area contributed by atoms with E-state index in [2.05, 4.69) is 20.2 Å². The third-order valence-corrected chi connectivity index (χ3v) is 4.88. The summed E-state index contributed by atoms with van der Waals surface area (Å²) in [6.07, 6.45) is 6.09. The summed E-state index contributed by atoms with van der Waals surface area (Å²) in [5, 5.41) is 3.74. The van der Waals surface area contributed by atoms with Gasteiger partial charge in [-0.05, 0) is 24.6 Å². The van der Waals surface area contributed by atoms with Crippen molar-refractivity contribution in [3.8, 4) is 0 Å². The molecule has 0 radical (unpaired) electrons. The van der Waals surface area contributed by atoms with Crippen molar-refractivity contribution >= 4 is 17.6 Å². The van der Waals surface area contributed by atoms with Crippen molar-refractivity contribution in [2.45, 2.75) is 19.4 Å². The van der Waals surface area contributed by atoms with E-state index in [1.54, 1.807) is 18.6 Å². The van der Waals surface area contributed by atoms with Gasteiger partial charge in [-0.1, -0.05) is 23.7 Å². The fourth-order valence-electron chi connectivity index (χ4n) is 3.04. The zero-order valence-electron chi connectivity index (χ0n) is 14.9. The zero-order valence-corrected chi connectivity index (χ0v) is 15.7. The number of nitrogens with zero attached hydrogens (tertiary/aromatic N) is 4. The molecule has 1 saturated heterocycles. The largest absolute Gasteiger partial charge is 0.331 e. The molecule has 1 aliphatic rings. The topological polar surface area (TPSA) is 61.4 Å². The van der Waals surface area contributed by atoms with E-state index < -0.39 is 0 Å². The van der Waals surface area contributed by atoms with Crippen molar-refractivity contribution in [1.29, 1.82) is 0 Å². The van der Waals surface area contributed by atoms with Crippen LogP contribution in [0.25, 0.3) is 0 Å². The molecule has 0 spiro atoms. The third kappa shape index (κ3) is 5.16. The van der Waals surface area contributed by atoms with Gasteiger partial charge < -0.3 is 10.2 Å². The van der Waals surface area contributed by atoms with Crippen molar-refractivity contribution in [2.75, 3.05) is 32.7 Å². The molecule has 7 heteroatoms. The fourth-order valence-corrected chi connectivity index (χ4v) is 3.24. The number of urea groups is 1. The summed E-state index contributed by atoms with van der Waals surface area (Å²) < 4.78 is 0. The molecular weight excluding hydrogens is 350 g/mol. The molecule has 1 aliphatic heterocycles. The van der Waals surface area contributed by atoms with Crippen molar-refractivity contribution in [3.05, 3.63) is 59.1 Å². The minimum Gasteiger partial charge on any atom is -0.331 e. The van der Waals surface area contributed by atoms with Crippen LogP contribution in [0, 0.1) is 0 Å². The second-order valence-electron chi connectivity index (χ2n) is 6.50. The van der Waals surface area contributed by atoms with Gasteiger partial charge in [0.2, 0.25) is 0 Å². The van der Waals surface area contributed by atoms with Gasteiger partial charge in [0.05, 0.1) is 11.7 Å². The Balaban J connectivity index is 1.43. The third-order valence-electron chi connectivity index (χ3n) is 4.65. The van der Waals surface area contributed by atoms with E-state index >= 15 is 0 Å². The van der Waals surface area contributed by atoms with E-state index in [9.17, 15) is 4.79 Å². The molecule has 138 valence electrons. The average Bonchev–Trinajstić information content (AvgIpc) is 2.67. The van der Waals surface area contributed by atoms with Crippen LogP contribution in [0.5, 0.6) is 0 Å². The van der Waals surface area contributed by atoms with Gasteiger partial charge in [0.25, 0.3) is 0 Å². The first-order valence-corrected chi connectivity index (χ1v) is 9.28. The standard InChI is InChI=1S/C19H24ClN5O/c1-15(16-3-2-4-17(20)13-16)23-19(26)25-11-9-24(10-12-25)8-5-18-14-21-6-7-22-18/h2-4,6-7,13-15H,5,8-12H2,1H3,(H,23,26). The first-order chi connectivity index (χ1) is 12.6. The van der Waals surface area contributed by atoms with Gasteiger partial charge in [-0.15, -0.1) is 0 Å². The van der Waals surface area contributed by atoms with Gasteiger partial charge in [-0.2, -0.15) is 0 Å². The summed E-state index contributed by atoms with van der Waals surface area (Å²) in [7, 11) is 0. The molecule has 0 aliphatic carbocycles. The molecule has 0 saturated carbocycles. The SMILES string of the molecule is CC(NC(=O)N1CCN(CCc2cnccn2)CC1)c1cccc(Cl)c1. The summed E-state index contributed by atoms with van der Waals surface area (Å²) >= 11 is 6.03. The summed E-state index contributed by atoms with van der Waals surface area (Å²) in [6.45, 7) is 6.12. The monoisotopic (exact) mass is 373 g/mol. The number of carbonyl (C=O) groups is 1. The van der Waals surface area contributed by atoms with Crippen molar-refractivity contribution in [3.63, 3.8) is 0 Å². The Morgan fingerprint density at radius 2 is 2.08 bits per heavy atom. The van der Waals surface area contributed by atoms with Crippen molar-refractivity contribution in [2.24, 2.45) is 0 Å². The lowest BCUT2D eigenvalue weighted by Gasteiger charge is -2.35. The van der Waals surface area contributed by atoms with E-state index in [4.69, 9.17) is 11.6 Å². The molecule has 1 fully saturated rings. The van der Waals surface area contributed by atoms with Crippen molar-refractivity contribution in [1.82, 2.24) is 25.1 Å². The molecule has 2 aromatic rings. The smallest absolute Gasteiger partial charge is 0.317 e. The number of benzene rings is 1. The van der Waals surface area contributed by atoms with Crippen LogP contribution in [-0.2, 0) is 6.42 Å². The van der Waals surface area contributed by atoms with Crippen LogP contribution < -0.4 is 5.32 Å². The number of piperazine rings is 1. The molecule has 2 amide bonds. The number of rotatable bonds is 5. The lowest BCUT2D eigenvalue weighted by atomic mass is 10.1. The Labute approximate surface area is 159 Å². The van der Waals surface area contributed by atoms with E-state index in [1.165, 1.54) is 0 Å². The maximum atomic E-state index is 12.5. The van der Waals surface area contributed by atoms with Crippen LogP contribution in [0.2, 0.25) is 5.02 Å². The minimum absolute atomic E-state index is 0.0222. The molecule has 1 aromatic carbocycles. The Hall–Kier alpha value is -2.18. The van der Waals surface area contributed by atoms with Crippen LogP contribution in [0.3, 0.4) is 0 Å². The maximum absolute atomic E-state index is 12.5. The second kappa shape index (κ2) is 8.96. The number of carbonyl (C=O) groups excluding carboxylic acids is 1. The Kier molecular flexibility index (Phi) is 6.41. The quantitative estimate of drug-likeness (QED) is 0.875. The van der Waals surface area contributed by atoms with Crippen LogP contribution in [0.4, 0.5) is 4.79 Å². The van der Waals surface area contributed by atoms with Crippen LogP contribution in [-0.4, -0.2) is 58.5 Å². The predicted molar refractivity (Wildman–Crippen MR) is 102 cm³/mol. The molecule has 26 heavy (non-hydrogen) atoms. The van der Waals surface area contributed by atoms with Gasteiger partial charge in [0.1, 0.15) is 0 Å². The molecular formula is C19H24ClN5O. The molecule has 3 rings (SSSR count). The molecule has 1 atom stereocenters. The summed E-state index contributed by atoms with van der Waals surface area (Å²) in [4.78, 5) is 25.1. The minimum atomic E-state index is -0.0733. The van der Waals surface area contributed by atoms with Gasteiger partial charge in [-0.25, -0.2) is 4.79 Å². The highest BCUT2D eigenvalue weighted by molar-refractivity contribution is 6.30. The zero-order chi connectivity index (χ0) is 18.4. The number of hydrogen-bond acceptors (Lipinski definition) is 4. The van der Waals surface area contributed by atoms with E-state index in [0.717, 1.165) is 50.4 Å². The first kappa shape index (κ1) is 18.6. The van der Waals surface area contributed by atoms with Gasteiger partial charge in [0.15, 0.2) is 0 Å². The number of nitrogens with one attached hydrogen (secondary N) is 1. The van der Waals surface area contributed by atoms with Crippen LogP contribution >= 0.6 is 11.6 Å². The Bertz CT molecular complexity index is 719. The molecule has 2 heterocycles. The lowest BCUT2D eigenvalue weighted by molar-refractivity contribution is 0.138. The fraction of sp³-hybridized carbons (Fsp3) is 0.421. The summed E-state index contributed by atoms with van der Waals surface area (Å²) in [6, 6.07) is 7.50. The highest BCUT2D eigenvalue weighted by Crippen LogP contribution is 2.17. The van der Waals surface area contributed by atoms with E-state index in [-0.39, 0.29) is 12.1 Å². The Morgan fingerprint density at radius 1 is 1.27 bits per heavy atom. The molecule has 1 N–H and O–H groups in total. The lowest BCUT2D eigenvalue weighted by Crippen LogP contribution is -2.52. The van der Waals surface area contributed by atoms with Crippen LogP contribution in [0.15, 0.2) is 42.9 Å². The highest BCUT2D eigenvalue weighted by Gasteiger charge is 2.22. The molecule has 1 aromatic heterocycles. The van der Waals surface area contributed by atoms with Gasteiger partial charge >= 0.3 is 6.03 Å². The average molecular weight is 374 g/mol. The normalized spacial score (nSPS) is 16.3. The predicted octanol–water partition coefficient (Wildman–Crippen LogP) is 2.76. The van der Waals surface area contributed by atoms with E-state index in [1.807, 2.05) is 36.1 Å². The highest BCUT2D eigenvalue weighted by atomic mass is 35.5. The summed E-state index contributed by atoms with van der Waals surface area (Å²) in [5.41, 5.74) is 2.01. The molecule has 1 unspecified atom stereocenters. The number of hydrogen-bond donors (Lipinski definition) is 1. The molecule has 6 nitrogen and oxygen atoms in total. The van der Waals surface area contributed by atoms with Crippen LogP contribution in [0.1, 0.15) is 24.2 Å². The first-order valence-electron chi connectivity index (χ1n) is 8.90. The number of halogens is 1. The molecule has 0 bridgehead atoms. The Morgan fingerprint density at radius 3 is 2.77 bits per heavy atom. The van der Waals surface area contributed by atoms with Crippen molar-refractivity contribution < 1.29 is 4.79 Å². The van der Waals surface area contributed by atoms with Gasteiger partial charge in [-0.3, -0.25) is 14.9 Å². The number of amides is 2. The number of aromatic nitrogens is 2. The summed E-state index contributed by atoms with van der Waals surface area (Å²) in [5.74, 6) is 0. The van der Waals surface area contributed by atoms with E-state index in [0.29, 0.717) is 5.02 Å². The second-order valence-corrected chi connectivity index (χ2v) is 6.94. The maximum Gasteiger partial charge on any atom is 0.317 e.